The maximum Gasteiger partial charge on any atom is 0.329 e. The number of amides is 3. The van der Waals surface area contributed by atoms with Gasteiger partial charge in [-0.3, -0.25) is 4.79 Å². The molecular formula is C17H15BrClN3O2. The highest BCUT2D eigenvalue weighted by molar-refractivity contribution is 9.10. The molecule has 3 amide bonds. The maximum atomic E-state index is 12.9. The highest BCUT2D eigenvalue weighted by Gasteiger charge is 2.48. The van der Waals surface area contributed by atoms with Gasteiger partial charge < -0.3 is 11.1 Å². The van der Waals surface area contributed by atoms with E-state index >= 15 is 0 Å². The second-order valence-corrected chi connectivity index (χ2v) is 7.30. The average molecular weight is 409 g/mol. The molecule has 0 aliphatic carbocycles. The topological polar surface area (TPSA) is 75.4 Å². The molecule has 5 nitrogen and oxygen atoms in total. The molecule has 1 saturated heterocycles. The van der Waals surface area contributed by atoms with Crippen molar-refractivity contribution in [1.82, 2.24) is 5.32 Å². The summed E-state index contributed by atoms with van der Waals surface area (Å²) in [6.07, 6.45) is 0.386. The van der Waals surface area contributed by atoms with Crippen LogP contribution in [-0.4, -0.2) is 17.5 Å². The largest absolute Gasteiger partial charge is 0.399 e. The Morgan fingerprint density at radius 2 is 1.88 bits per heavy atom. The van der Waals surface area contributed by atoms with Gasteiger partial charge in [0.15, 0.2) is 0 Å². The molecule has 2 aromatic carbocycles. The smallest absolute Gasteiger partial charge is 0.329 e. The molecule has 1 aliphatic rings. The van der Waals surface area contributed by atoms with Gasteiger partial charge >= 0.3 is 6.03 Å². The normalized spacial score (nSPS) is 20.4. The van der Waals surface area contributed by atoms with Gasteiger partial charge in [-0.15, -0.1) is 0 Å². The number of halogens is 2. The van der Waals surface area contributed by atoms with E-state index in [0.29, 0.717) is 22.8 Å². The number of nitrogen functional groups attached to an aromatic ring is 1. The molecule has 1 aliphatic heterocycles. The van der Waals surface area contributed by atoms with Crippen molar-refractivity contribution in [2.45, 2.75) is 18.9 Å². The van der Waals surface area contributed by atoms with Crippen molar-refractivity contribution < 1.29 is 9.59 Å². The third-order valence-electron chi connectivity index (χ3n) is 3.90. The van der Waals surface area contributed by atoms with Crippen molar-refractivity contribution in [2.24, 2.45) is 0 Å². The molecule has 1 atom stereocenters. The highest BCUT2D eigenvalue weighted by Crippen LogP contribution is 2.31. The van der Waals surface area contributed by atoms with Crippen molar-refractivity contribution in [3.05, 3.63) is 57.5 Å². The Morgan fingerprint density at radius 3 is 2.50 bits per heavy atom. The summed E-state index contributed by atoms with van der Waals surface area (Å²) in [5.41, 5.74) is 6.44. The summed E-state index contributed by atoms with van der Waals surface area (Å²) in [7, 11) is 0. The molecule has 1 heterocycles. The van der Waals surface area contributed by atoms with Crippen LogP contribution in [0.5, 0.6) is 0 Å². The first kappa shape index (κ1) is 16.8. The number of carbonyl (C=O) groups is 2. The number of urea groups is 1. The first-order valence-electron chi connectivity index (χ1n) is 7.26. The lowest BCUT2D eigenvalue weighted by atomic mass is 9.93. The minimum absolute atomic E-state index is 0.336. The van der Waals surface area contributed by atoms with Crippen molar-refractivity contribution in [1.29, 1.82) is 0 Å². The summed E-state index contributed by atoms with van der Waals surface area (Å²) >= 11 is 9.36. The number of carbonyl (C=O) groups excluding carboxylic acids is 2. The van der Waals surface area contributed by atoms with Gasteiger partial charge in [-0.1, -0.05) is 39.7 Å². The van der Waals surface area contributed by atoms with Crippen LogP contribution in [0.4, 0.5) is 16.2 Å². The van der Waals surface area contributed by atoms with Crippen molar-refractivity contribution >= 4 is 50.8 Å². The van der Waals surface area contributed by atoms with E-state index in [4.69, 9.17) is 17.3 Å². The van der Waals surface area contributed by atoms with Crippen LogP contribution in [0.2, 0.25) is 5.02 Å². The molecule has 2 aromatic rings. The van der Waals surface area contributed by atoms with Crippen LogP contribution in [-0.2, 0) is 11.2 Å². The molecule has 0 spiro atoms. The van der Waals surface area contributed by atoms with E-state index in [9.17, 15) is 9.59 Å². The van der Waals surface area contributed by atoms with Crippen LogP contribution in [0.25, 0.3) is 0 Å². The van der Waals surface area contributed by atoms with Crippen molar-refractivity contribution in [3.8, 4) is 0 Å². The fraction of sp³-hybridized carbons (Fsp3) is 0.176. The Labute approximate surface area is 152 Å². The van der Waals surface area contributed by atoms with E-state index in [1.165, 1.54) is 0 Å². The third kappa shape index (κ3) is 3.12. The Balaban J connectivity index is 1.91. The van der Waals surface area contributed by atoms with E-state index in [-0.39, 0.29) is 5.91 Å². The van der Waals surface area contributed by atoms with Crippen LogP contribution < -0.4 is 16.0 Å². The molecule has 3 N–H and O–H groups in total. The van der Waals surface area contributed by atoms with Crippen LogP contribution in [0.15, 0.2) is 46.9 Å². The molecular weight excluding hydrogens is 394 g/mol. The lowest BCUT2D eigenvalue weighted by Crippen LogP contribution is -2.46. The number of rotatable bonds is 3. The predicted octanol–water partition coefficient (Wildman–Crippen LogP) is 3.74. The monoisotopic (exact) mass is 407 g/mol. The molecule has 1 fully saturated rings. The van der Waals surface area contributed by atoms with Gasteiger partial charge in [-0.25, -0.2) is 9.69 Å². The van der Waals surface area contributed by atoms with Crippen LogP contribution in [0.1, 0.15) is 12.5 Å². The van der Waals surface area contributed by atoms with E-state index in [1.54, 1.807) is 25.1 Å². The minimum atomic E-state index is -1.03. The van der Waals surface area contributed by atoms with Crippen LogP contribution in [0, 0.1) is 0 Å². The van der Waals surface area contributed by atoms with E-state index in [0.717, 1.165) is 14.9 Å². The Bertz CT molecular complexity index is 805. The van der Waals surface area contributed by atoms with Gasteiger partial charge in [0.25, 0.3) is 5.91 Å². The molecule has 0 bridgehead atoms. The standard InChI is InChI=1S/C17H15BrClN3O2/c1-17(9-10-2-4-11(18)5-3-10)15(23)22(16(24)21-17)14-7-12(19)6-13(20)8-14/h2-8H,9,20H2,1H3,(H,21,24)/t17-/m1/s1. The molecule has 0 aromatic heterocycles. The first-order valence-corrected chi connectivity index (χ1v) is 8.43. The number of anilines is 2. The van der Waals surface area contributed by atoms with E-state index < -0.39 is 11.6 Å². The molecule has 0 radical (unpaired) electrons. The number of nitrogens with one attached hydrogen (secondary N) is 1. The van der Waals surface area contributed by atoms with Crippen molar-refractivity contribution in [2.75, 3.05) is 10.6 Å². The quantitative estimate of drug-likeness (QED) is 0.600. The summed E-state index contributed by atoms with van der Waals surface area (Å²) in [6.45, 7) is 1.71. The molecule has 124 valence electrons. The second-order valence-electron chi connectivity index (χ2n) is 5.95. The Hall–Kier alpha value is -2.05. The zero-order valence-corrected chi connectivity index (χ0v) is 15.2. The summed E-state index contributed by atoms with van der Waals surface area (Å²) in [6, 6.07) is 11.8. The first-order chi connectivity index (χ1) is 11.3. The molecule has 7 heteroatoms. The SMILES string of the molecule is C[C@]1(Cc2ccc(Br)cc2)NC(=O)N(c2cc(N)cc(Cl)c2)C1=O. The fourth-order valence-corrected chi connectivity index (χ4v) is 3.28. The molecule has 3 rings (SSSR count). The molecule has 0 saturated carbocycles. The summed E-state index contributed by atoms with van der Waals surface area (Å²) in [4.78, 5) is 26.3. The summed E-state index contributed by atoms with van der Waals surface area (Å²) in [5, 5.41) is 3.14. The van der Waals surface area contributed by atoms with Gasteiger partial charge in [0, 0.05) is 21.6 Å². The number of benzene rings is 2. The zero-order chi connectivity index (χ0) is 17.5. The number of nitrogens with two attached hydrogens (primary N) is 1. The zero-order valence-electron chi connectivity index (χ0n) is 12.8. The number of hydrogen-bond acceptors (Lipinski definition) is 3. The predicted molar refractivity (Wildman–Crippen MR) is 98.1 cm³/mol. The lowest BCUT2D eigenvalue weighted by Gasteiger charge is -2.22. The Kier molecular flexibility index (Phi) is 4.27. The van der Waals surface area contributed by atoms with Gasteiger partial charge in [-0.2, -0.15) is 0 Å². The Morgan fingerprint density at radius 1 is 1.21 bits per heavy atom. The molecule has 0 unspecified atom stereocenters. The number of hydrogen-bond donors (Lipinski definition) is 2. The minimum Gasteiger partial charge on any atom is -0.399 e. The highest BCUT2D eigenvalue weighted by atomic mass is 79.9. The third-order valence-corrected chi connectivity index (χ3v) is 4.64. The van der Waals surface area contributed by atoms with Crippen LogP contribution in [0.3, 0.4) is 0 Å². The summed E-state index contributed by atoms with van der Waals surface area (Å²) in [5.74, 6) is -0.336. The summed E-state index contributed by atoms with van der Waals surface area (Å²) < 4.78 is 0.953. The number of imide groups is 1. The van der Waals surface area contributed by atoms with Crippen molar-refractivity contribution in [3.63, 3.8) is 0 Å². The second kappa shape index (κ2) is 6.11. The molecule has 24 heavy (non-hydrogen) atoms. The van der Waals surface area contributed by atoms with Gasteiger partial charge in [-0.05, 0) is 42.8 Å². The van der Waals surface area contributed by atoms with E-state index in [1.807, 2.05) is 24.3 Å². The van der Waals surface area contributed by atoms with Crippen LogP contribution >= 0.6 is 27.5 Å². The van der Waals surface area contributed by atoms with Gasteiger partial charge in [0.1, 0.15) is 5.54 Å². The lowest BCUT2D eigenvalue weighted by molar-refractivity contribution is -0.121. The van der Waals surface area contributed by atoms with E-state index in [2.05, 4.69) is 21.2 Å². The maximum absolute atomic E-state index is 12.9. The fourth-order valence-electron chi connectivity index (χ4n) is 2.77. The average Bonchev–Trinajstić information content (AvgIpc) is 2.70. The number of nitrogens with zero attached hydrogens (tertiary/aromatic N) is 1. The van der Waals surface area contributed by atoms with Gasteiger partial charge in [0.2, 0.25) is 0 Å². The van der Waals surface area contributed by atoms with Gasteiger partial charge in [0.05, 0.1) is 5.69 Å².